The number of amides is 1. The molecule has 29 heavy (non-hydrogen) atoms. The van der Waals surface area contributed by atoms with Gasteiger partial charge in [-0.25, -0.2) is 0 Å². The lowest BCUT2D eigenvalue weighted by Crippen LogP contribution is -2.25. The van der Waals surface area contributed by atoms with Gasteiger partial charge < -0.3 is 20.1 Å². The van der Waals surface area contributed by atoms with Crippen LogP contribution in [0.25, 0.3) is 0 Å². The van der Waals surface area contributed by atoms with Crippen LogP contribution in [-0.2, 0) is 6.42 Å². The van der Waals surface area contributed by atoms with Gasteiger partial charge in [0.15, 0.2) is 0 Å². The van der Waals surface area contributed by atoms with Crippen LogP contribution in [0.2, 0.25) is 0 Å². The third-order valence-corrected chi connectivity index (χ3v) is 4.30. The molecule has 0 saturated heterocycles. The number of para-hydroxylation sites is 2. The van der Waals surface area contributed by atoms with Crippen LogP contribution in [0.3, 0.4) is 0 Å². The summed E-state index contributed by atoms with van der Waals surface area (Å²) in [6.07, 6.45) is 3.95. The molecular formula is C23H25N3O3. The number of methoxy groups -OCH3 is 1. The maximum absolute atomic E-state index is 12.5. The highest BCUT2D eigenvalue weighted by Crippen LogP contribution is 2.27. The van der Waals surface area contributed by atoms with Crippen LogP contribution in [-0.4, -0.2) is 31.2 Å². The van der Waals surface area contributed by atoms with Crippen LogP contribution in [0.4, 0.5) is 11.4 Å². The molecule has 0 bridgehead atoms. The minimum atomic E-state index is -0.165. The lowest BCUT2D eigenvalue weighted by Gasteiger charge is -2.12. The number of ether oxygens (including phenoxy) is 2. The monoisotopic (exact) mass is 391 g/mol. The van der Waals surface area contributed by atoms with E-state index in [-0.39, 0.29) is 5.91 Å². The topological polar surface area (TPSA) is 72.5 Å². The van der Waals surface area contributed by atoms with Gasteiger partial charge in [-0.05, 0) is 49.2 Å². The fourth-order valence-electron chi connectivity index (χ4n) is 2.89. The summed E-state index contributed by atoms with van der Waals surface area (Å²) >= 11 is 0. The number of pyridine rings is 1. The molecule has 2 aromatic carbocycles. The van der Waals surface area contributed by atoms with Crippen molar-refractivity contribution in [3.8, 4) is 11.5 Å². The fourth-order valence-corrected chi connectivity index (χ4v) is 2.89. The second kappa shape index (κ2) is 10.1. The number of carbonyl (C=O) groups excluding carboxylic acids is 1. The number of hydrogen-bond acceptors (Lipinski definition) is 5. The molecule has 1 aromatic heterocycles. The first kappa shape index (κ1) is 20.2. The van der Waals surface area contributed by atoms with Crippen LogP contribution in [0.5, 0.6) is 11.5 Å². The zero-order valence-corrected chi connectivity index (χ0v) is 16.6. The molecule has 0 aliphatic rings. The molecule has 150 valence electrons. The normalized spacial score (nSPS) is 10.3. The van der Waals surface area contributed by atoms with Crippen LogP contribution in [0.15, 0.2) is 67.0 Å². The van der Waals surface area contributed by atoms with Gasteiger partial charge in [0, 0.05) is 12.7 Å². The molecule has 1 heterocycles. The summed E-state index contributed by atoms with van der Waals surface area (Å²) in [5, 5.41) is 6.20. The quantitative estimate of drug-likeness (QED) is 0.572. The molecule has 0 aliphatic heterocycles. The van der Waals surface area contributed by atoms with Crippen LogP contribution < -0.4 is 20.1 Å². The van der Waals surface area contributed by atoms with E-state index in [1.807, 2.05) is 55.5 Å². The highest BCUT2D eigenvalue weighted by Gasteiger charge is 2.09. The van der Waals surface area contributed by atoms with E-state index in [0.29, 0.717) is 18.7 Å². The van der Waals surface area contributed by atoms with Gasteiger partial charge in [-0.3, -0.25) is 9.78 Å². The molecular weight excluding hydrogens is 366 g/mol. The molecule has 0 radical (unpaired) electrons. The first-order valence-electron chi connectivity index (χ1n) is 9.54. The largest absolute Gasteiger partial charge is 0.497 e. The number of anilines is 2. The van der Waals surface area contributed by atoms with Crippen molar-refractivity contribution >= 4 is 17.3 Å². The first-order chi connectivity index (χ1) is 14.2. The molecule has 0 unspecified atom stereocenters. The molecule has 2 N–H and O–H groups in total. The van der Waals surface area contributed by atoms with E-state index in [4.69, 9.17) is 9.47 Å². The average molecular weight is 391 g/mol. The maximum Gasteiger partial charge on any atom is 0.252 e. The van der Waals surface area contributed by atoms with Crippen molar-refractivity contribution < 1.29 is 14.3 Å². The number of rotatable bonds is 9. The van der Waals surface area contributed by atoms with E-state index < -0.39 is 0 Å². The summed E-state index contributed by atoms with van der Waals surface area (Å²) in [6.45, 7) is 3.04. The van der Waals surface area contributed by atoms with Crippen molar-refractivity contribution in [1.82, 2.24) is 10.3 Å². The fraction of sp³-hybridized carbons (Fsp3) is 0.217. The molecule has 0 atom stereocenters. The highest BCUT2D eigenvalue weighted by molar-refractivity contribution is 5.94. The Bertz CT molecular complexity index is 959. The molecule has 3 rings (SSSR count). The Balaban J connectivity index is 1.60. The number of aromatic nitrogens is 1. The predicted octanol–water partition coefficient (Wildman–Crippen LogP) is 4.21. The number of hydrogen-bond donors (Lipinski definition) is 2. The van der Waals surface area contributed by atoms with Gasteiger partial charge in [-0.2, -0.15) is 0 Å². The minimum absolute atomic E-state index is 0.165. The Morgan fingerprint density at radius 3 is 2.76 bits per heavy atom. The highest BCUT2D eigenvalue weighted by atomic mass is 16.5. The standard InChI is InChI=1S/C23H25N3O3/c1-3-29-22-10-5-4-9-21(22)26-19-14-18(15-24-16-19)23(27)25-12-11-17-7-6-8-20(13-17)28-2/h4-10,13-16,26H,3,11-12H2,1-2H3,(H,25,27). The number of nitrogens with one attached hydrogen (secondary N) is 2. The molecule has 1 amide bonds. The Kier molecular flexibility index (Phi) is 7.05. The summed E-state index contributed by atoms with van der Waals surface area (Å²) in [4.78, 5) is 16.7. The van der Waals surface area contributed by atoms with E-state index in [1.54, 1.807) is 25.6 Å². The van der Waals surface area contributed by atoms with Gasteiger partial charge in [-0.1, -0.05) is 24.3 Å². The molecule has 0 spiro atoms. The van der Waals surface area contributed by atoms with Crippen molar-refractivity contribution in [2.75, 3.05) is 25.6 Å². The second-order valence-electron chi connectivity index (χ2n) is 6.37. The number of carbonyl (C=O) groups is 1. The van der Waals surface area contributed by atoms with Crippen LogP contribution >= 0.6 is 0 Å². The third kappa shape index (κ3) is 5.72. The van der Waals surface area contributed by atoms with Gasteiger partial charge in [-0.15, -0.1) is 0 Å². The van der Waals surface area contributed by atoms with Gasteiger partial charge in [0.1, 0.15) is 11.5 Å². The Morgan fingerprint density at radius 1 is 1.07 bits per heavy atom. The van der Waals surface area contributed by atoms with E-state index in [1.165, 1.54) is 0 Å². The zero-order chi connectivity index (χ0) is 20.5. The van der Waals surface area contributed by atoms with E-state index in [2.05, 4.69) is 15.6 Å². The Hall–Kier alpha value is -3.54. The Labute approximate surface area is 170 Å². The first-order valence-corrected chi connectivity index (χ1v) is 9.54. The third-order valence-electron chi connectivity index (χ3n) is 4.30. The summed E-state index contributed by atoms with van der Waals surface area (Å²) in [5.41, 5.74) is 3.14. The zero-order valence-electron chi connectivity index (χ0n) is 16.6. The smallest absolute Gasteiger partial charge is 0.252 e. The summed E-state index contributed by atoms with van der Waals surface area (Å²) in [7, 11) is 1.64. The van der Waals surface area contributed by atoms with Crippen molar-refractivity contribution in [3.05, 3.63) is 78.1 Å². The van der Waals surface area contributed by atoms with Crippen molar-refractivity contribution in [2.45, 2.75) is 13.3 Å². The minimum Gasteiger partial charge on any atom is -0.497 e. The number of nitrogens with zero attached hydrogens (tertiary/aromatic N) is 1. The van der Waals surface area contributed by atoms with Crippen LogP contribution in [0.1, 0.15) is 22.8 Å². The molecule has 0 aliphatic carbocycles. The van der Waals surface area contributed by atoms with Crippen LogP contribution in [0, 0.1) is 0 Å². The van der Waals surface area contributed by atoms with Gasteiger partial charge >= 0.3 is 0 Å². The molecule has 0 saturated carbocycles. The molecule has 3 aromatic rings. The number of benzene rings is 2. The van der Waals surface area contributed by atoms with Gasteiger partial charge in [0.05, 0.1) is 36.9 Å². The van der Waals surface area contributed by atoms with Crippen molar-refractivity contribution in [2.24, 2.45) is 0 Å². The molecule has 0 fully saturated rings. The van der Waals surface area contributed by atoms with Gasteiger partial charge in [0.2, 0.25) is 0 Å². The van der Waals surface area contributed by atoms with Crippen molar-refractivity contribution in [3.63, 3.8) is 0 Å². The van der Waals surface area contributed by atoms with E-state index in [9.17, 15) is 4.79 Å². The lowest BCUT2D eigenvalue weighted by molar-refractivity contribution is 0.0954. The lowest BCUT2D eigenvalue weighted by atomic mass is 10.1. The molecule has 6 heteroatoms. The average Bonchev–Trinajstić information content (AvgIpc) is 2.75. The van der Waals surface area contributed by atoms with E-state index in [0.717, 1.165) is 34.9 Å². The SMILES string of the molecule is CCOc1ccccc1Nc1cncc(C(=O)NCCc2cccc(OC)c2)c1. The Morgan fingerprint density at radius 2 is 1.93 bits per heavy atom. The van der Waals surface area contributed by atoms with Crippen molar-refractivity contribution in [1.29, 1.82) is 0 Å². The summed E-state index contributed by atoms with van der Waals surface area (Å²) in [6, 6.07) is 17.3. The summed E-state index contributed by atoms with van der Waals surface area (Å²) in [5.74, 6) is 1.40. The second-order valence-corrected chi connectivity index (χ2v) is 6.37. The van der Waals surface area contributed by atoms with E-state index >= 15 is 0 Å². The molecule has 6 nitrogen and oxygen atoms in total. The van der Waals surface area contributed by atoms with Gasteiger partial charge in [0.25, 0.3) is 5.91 Å². The summed E-state index contributed by atoms with van der Waals surface area (Å²) < 4.78 is 10.9. The predicted molar refractivity (Wildman–Crippen MR) is 114 cm³/mol. The maximum atomic E-state index is 12.5.